The zero-order valence-corrected chi connectivity index (χ0v) is 17.5. The molecule has 1 saturated heterocycles. The van der Waals surface area contributed by atoms with Crippen molar-refractivity contribution in [2.45, 2.75) is 78.6 Å². The van der Waals surface area contributed by atoms with E-state index in [2.05, 4.69) is 27.7 Å². The van der Waals surface area contributed by atoms with Gasteiger partial charge >= 0.3 is 5.97 Å². The van der Waals surface area contributed by atoms with Crippen molar-refractivity contribution in [3.05, 3.63) is 0 Å². The molecule has 1 heterocycles. The van der Waals surface area contributed by atoms with E-state index in [1.165, 1.54) is 12.0 Å². The van der Waals surface area contributed by atoms with Gasteiger partial charge in [0.2, 0.25) is 5.79 Å². The molecule has 2 saturated carbocycles. The van der Waals surface area contributed by atoms with Gasteiger partial charge in [0.25, 0.3) is 0 Å². The van der Waals surface area contributed by atoms with E-state index in [1.807, 2.05) is 5.06 Å². The van der Waals surface area contributed by atoms with Crippen LogP contribution in [0.3, 0.4) is 0 Å². The fourth-order valence-corrected chi connectivity index (χ4v) is 6.31. The van der Waals surface area contributed by atoms with Crippen LogP contribution in [0.15, 0.2) is 0 Å². The molecule has 2 bridgehead atoms. The number of carbonyl (C=O) groups is 1. The van der Waals surface area contributed by atoms with Crippen molar-refractivity contribution in [1.29, 1.82) is 0 Å². The summed E-state index contributed by atoms with van der Waals surface area (Å²) in [7, 11) is 0. The highest BCUT2D eigenvalue weighted by molar-refractivity contribution is 7.94. The molecule has 4 atom stereocenters. The van der Waals surface area contributed by atoms with E-state index >= 15 is 0 Å². The number of esters is 1. The van der Waals surface area contributed by atoms with Crippen molar-refractivity contribution < 1.29 is 23.6 Å². The Morgan fingerprint density at radius 2 is 1.96 bits per heavy atom. The number of rotatable bonds is 9. The van der Waals surface area contributed by atoms with Gasteiger partial charge in [-0.2, -0.15) is 5.06 Å². The summed E-state index contributed by atoms with van der Waals surface area (Å²) < 4.78 is 17.5. The first-order valence-corrected chi connectivity index (χ1v) is 10.8. The number of hydrogen-bond donors (Lipinski definition) is 0. The molecule has 0 aromatic carbocycles. The molecule has 3 aliphatic rings. The van der Waals surface area contributed by atoms with E-state index in [4.69, 9.17) is 18.8 Å². The number of nitrogens with zero attached hydrogens (tertiary/aromatic N) is 1. The average Bonchev–Trinajstić information content (AvgIpc) is 3.06. The van der Waals surface area contributed by atoms with Gasteiger partial charge in [0, 0.05) is 37.3 Å². The minimum Gasteiger partial charge on any atom is -0.430 e. The fourth-order valence-electron chi connectivity index (χ4n) is 5.20. The Balaban J connectivity index is 1.66. The third-order valence-corrected chi connectivity index (χ3v) is 7.59. The largest absolute Gasteiger partial charge is 0.430 e. The van der Waals surface area contributed by atoms with Crippen LogP contribution in [0.2, 0.25) is 0 Å². The number of hydroxylamine groups is 2. The van der Waals surface area contributed by atoms with Crippen LogP contribution in [0.1, 0.15) is 66.7 Å². The van der Waals surface area contributed by atoms with Gasteiger partial charge in [-0.1, -0.05) is 27.7 Å². The van der Waals surface area contributed by atoms with E-state index in [0.29, 0.717) is 11.7 Å². The van der Waals surface area contributed by atoms with E-state index in [-0.39, 0.29) is 16.8 Å². The van der Waals surface area contributed by atoms with Crippen molar-refractivity contribution in [3.63, 3.8) is 0 Å². The first-order valence-electron chi connectivity index (χ1n) is 9.94. The molecule has 0 N–H and O–H groups in total. The molecule has 1 spiro atoms. The maximum atomic E-state index is 12.1. The maximum Gasteiger partial charge on any atom is 0.337 e. The molecule has 0 aromatic rings. The van der Waals surface area contributed by atoms with Gasteiger partial charge in [0.05, 0.1) is 5.41 Å². The Bertz CT molecular complexity index is 524. The zero-order chi connectivity index (χ0) is 19.0. The summed E-state index contributed by atoms with van der Waals surface area (Å²) in [4.78, 5) is 17.6. The topological polar surface area (TPSA) is 57.2 Å². The standard InChI is InChI=1S/C19H33NO5S/c1-6-10-20(11-7-2)24-25-26-13-18-9-8-15(17(18,4)5)12-19(18)22-14(3)16(21)23-19/h14-15H,6-13H2,1-5H3. The molecule has 26 heavy (non-hydrogen) atoms. The monoisotopic (exact) mass is 387 g/mol. The van der Waals surface area contributed by atoms with Crippen molar-refractivity contribution in [3.8, 4) is 0 Å². The quantitative estimate of drug-likeness (QED) is 0.194. The van der Waals surface area contributed by atoms with E-state index < -0.39 is 11.9 Å². The van der Waals surface area contributed by atoms with Crippen LogP contribution >= 0.6 is 12.0 Å². The molecule has 3 rings (SSSR count). The van der Waals surface area contributed by atoms with E-state index in [0.717, 1.165) is 45.2 Å². The van der Waals surface area contributed by atoms with Crippen molar-refractivity contribution >= 4 is 18.0 Å². The second-order valence-electron chi connectivity index (χ2n) is 8.51. The van der Waals surface area contributed by atoms with Crippen LogP contribution < -0.4 is 0 Å². The molecule has 4 unspecified atom stereocenters. The molecule has 0 aromatic heterocycles. The molecule has 0 amide bonds. The van der Waals surface area contributed by atoms with E-state index in [9.17, 15) is 4.79 Å². The van der Waals surface area contributed by atoms with Gasteiger partial charge in [0.1, 0.15) is 0 Å². The normalized spacial score (nSPS) is 37.8. The summed E-state index contributed by atoms with van der Waals surface area (Å²) in [5.41, 5.74) is -0.223. The first kappa shape index (κ1) is 20.4. The minimum absolute atomic E-state index is 0.0280. The Labute approximate surface area is 161 Å². The molecular weight excluding hydrogens is 354 g/mol. The van der Waals surface area contributed by atoms with Gasteiger partial charge in [-0.05, 0) is 43.9 Å². The zero-order valence-electron chi connectivity index (χ0n) is 16.7. The third-order valence-electron chi connectivity index (χ3n) is 6.82. The molecule has 2 aliphatic carbocycles. The highest BCUT2D eigenvalue weighted by atomic mass is 32.2. The third kappa shape index (κ3) is 3.09. The van der Waals surface area contributed by atoms with Crippen LogP contribution in [-0.4, -0.2) is 41.8 Å². The highest BCUT2D eigenvalue weighted by Gasteiger charge is 2.76. The van der Waals surface area contributed by atoms with Gasteiger partial charge in [-0.3, -0.25) is 0 Å². The minimum atomic E-state index is -0.807. The van der Waals surface area contributed by atoms with Crippen LogP contribution in [0.5, 0.6) is 0 Å². The van der Waals surface area contributed by atoms with Gasteiger partial charge in [0.15, 0.2) is 6.10 Å². The van der Waals surface area contributed by atoms with Crippen LogP contribution in [0.4, 0.5) is 0 Å². The molecule has 1 aliphatic heterocycles. The lowest BCUT2D eigenvalue weighted by Crippen LogP contribution is -2.52. The summed E-state index contributed by atoms with van der Waals surface area (Å²) in [5, 5.41) is 1.85. The SMILES string of the molecule is CCCN(CCC)OOSCC12CCC(CC13OC(=O)C(C)O3)C2(C)C. The summed E-state index contributed by atoms with van der Waals surface area (Å²) in [6, 6.07) is 0. The lowest BCUT2D eigenvalue weighted by atomic mass is 9.68. The maximum absolute atomic E-state index is 12.1. The number of carbonyl (C=O) groups excluding carboxylic acids is 1. The summed E-state index contributed by atoms with van der Waals surface area (Å²) in [5.74, 6) is 0.132. The van der Waals surface area contributed by atoms with Gasteiger partial charge < -0.3 is 9.47 Å². The number of fused-ring (bicyclic) bond motifs is 3. The lowest BCUT2D eigenvalue weighted by molar-refractivity contribution is -0.360. The molecule has 0 radical (unpaired) electrons. The lowest BCUT2D eigenvalue weighted by Gasteiger charge is -2.45. The van der Waals surface area contributed by atoms with Gasteiger partial charge in [-0.15, -0.1) is 9.32 Å². The smallest absolute Gasteiger partial charge is 0.337 e. The van der Waals surface area contributed by atoms with Crippen molar-refractivity contribution in [2.75, 3.05) is 18.8 Å². The Kier molecular flexibility index (Phi) is 5.95. The molecule has 3 fully saturated rings. The van der Waals surface area contributed by atoms with E-state index in [1.54, 1.807) is 6.92 Å². The highest BCUT2D eigenvalue weighted by Crippen LogP contribution is 2.73. The second-order valence-corrected chi connectivity index (χ2v) is 9.17. The Hall–Kier alpha value is -0.340. The summed E-state index contributed by atoms with van der Waals surface area (Å²) in [6.07, 6.45) is 4.44. The molecule has 6 nitrogen and oxygen atoms in total. The fraction of sp³-hybridized carbons (Fsp3) is 0.947. The Morgan fingerprint density at radius 3 is 2.50 bits per heavy atom. The molecule has 7 heteroatoms. The number of ether oxygens (including phenoxy) is 2. The molecule has 150 valence electrons. The number of hydrogen-bond acceptors (Lipinski definition) is 7. The van der Waals surface area contributed by atoms with Crippen LogP contribution in [0.25, 0.3) is 0 Å². The van der Waals surface area contributed by atoms with Crippen molar-refractivity contribution in [1.82, 2.24) is 5.06 Å². The van der Waals surface area contributed by atoms with Crippen LogP contribution in [-0.2, 0) is 23.6 Å². The average molecular weight is 388 g/mol. The summed E-state index contributed by atoms with van der Waals surface area (Å²) >= 11 is 1.31. The van der Waals surface area contributed by atoms with Crippen LogP contribution in [0, 0.1) is 16.7 Å². The van der Waals surface area contributed by atoms with Gasteiger partial charge in [-0.25, -0.2) is 4.79 Å². The predicted octanol–water partition coefficient (Wildman–Crippen LogP) is 4.10. The predicted molar refractivity (Wildman–Crippen MR) is 99.7 cm³/mol. The second kappa shape index (κ2) is 7.59. The van der Waals surface area contributed by atoms with Crippen molar-refractivity contribution in [2.24, 2.45) is 16.7 Å². The Morgan fingerprint density at radius 1 is 1.27 bits per heavy atom. The molecular formula is C19H33NO5S. The summed E-state index contributed by atoms with van der Waals surface area (Å²) in [6.45, 7) is 12.3. The first-order chi connectivity index (χ1) is 12.3.